The van der Waals surface area contributed by atoms with Gasteiger partial charge in [0.2, 0.25) is 0 Å². The number of hydrogen-bond donors (Lipinski definition) is 1. The van der Waals surface area contributed by atoms with Crippen molar-refractivity contribution in [3.63, 3.8) is 0 Å². The van der Waals surface area contributed by atoms with Crippen molar-refractivity contribution in [3.05, 3.63) is 68.4 Å². The number of halogens is 3. The van der Waals surface area contributed by atoms with Crippen LogP contribution in [0.2, 0.25) is 0 Å². The minimum absolute atomic E-state index is 0.186. The maximum atomic E-state index is 13.2. The number of benzene rings is 2. The molecule has 2 aromatic carbocycles. The van der Waals surface area contributed by atoms with E-state index in [4.69, 9.17) is 0 Å². The summed E-state index contributed by atoms with van der Waals surface area (Å²) in [5, 5.41) is 3.40. The number of nitrogens with one attached hydrogen (secondary N) is 1. The molecule has 1 nitrogen and oxygen atoms in total. The molecule has 0 aliphatic carbocycles. The maximum Gasteiger partial charge on any atom is 0.123 e. The quantitative estimate of drug-likeness (QED) is 0.761. The zero-order chi connectivity index (χ0) is 13.8. The molecule has 0 radical (unpaired) electrons. The third-order valence-corrected chi connectivity index (χ3v) is 4.47. The molecular formula is C15H14Br2FN. The van der Waals surface area contributed by atoms with Gasteiger partial charge in [-0.25, -0.2) is 4.39 Å². The van der Waals surface area contributed by atoms with Crippen molar-refractivity contribution in [2.24, 2.45) is 0 Å². The Hall–Kier alpha value is -0.710. The highest BCUT2D eigenvalue weighted by Crippen LogP contribution is 2.24. The van der Waals surface area contributed by atoms with Crippen molar-refractivity contribution >= 4 is 31.9 Å². The molecule has 0 spiro atoms. The Morgan fingerprint density at radius 1 is 1.11 bits per heavy atom. The van der Waals surface area contributed by atoms with Gasteiger partial charge >= 0.3 is 0 Å². The minimum atomic E-state index is -0.214. The molecule has 0 heterocycles. The minimum Gasteiger partial charge on any atom is -0.306 e. The first-order valence-electron chi connectivity index (χ1n) is 5.99. The average molecular weight is 387 g/mol. The van der Waals surface area contributed by atoms with Crippen LogP contribution in [-0.2, 0) is 6.54 Å². The SMILES string of the molecule is CC(NCc1cc(F)ccc1Br)c1ccccc1Br. The largest absolute Gasteiger partial charge is 0.306 e. The highest BCUT2D eigenvalue weighted by molar-refractivity contribution is 9.10. The van der Waals surface area contributed by atoms with Gasteiger partial charge in [-0.3, -0.25) is 0 Å². The predicted octanol–water partition coefficient (Wildman–Crippen LogP) is 5.20. The van der Waals surface area contributed by atoms with Crippen LogP contribution in [0.25, 0.3) is 0 Å². The summed E-state index contributed by atoms with van der Waals surface area (Å²) in [5.41, 5.74) is 2.11. The van der Waals surface area contributed by atoms with Crippen LogP contribution < -0.4 is 5.32 Å². The summed E-state index contributed by atoms with van der Waals surface area (Å²) in [6, 6.07) is 13.0. The van der Waals surface area contributed by atoms with E-state index in [1.807, 2.05) is 18.2 Å². The Morgan fingerprint density at radius 3 is 2.58 bits per heavy atom. The van der Waals surface area contributed by atoms with Crippen molar-refractivity contribution in [1.82, 2.24) is 5.32 Å². The van der Waals surface area contributed by atoms with Gasteiger partial charge in [-0.15, -0.1) is 0 Å². The molecule has 0 aliphatic heterocycles. The maximum absolute atomic E-state index is 13.2. The molecular weight excluding hydrogens is 373 g/mol. The highest BCUT2D eigenvalue weighted by Gasteiger charge is 2.09. The fourth-order valence-corrected chi connectivity index (χ4v) is 2.89. The average Bonchev–Trinajstić information content (AvgIpc) is 2.40. The fourth-order valence-electron chi connectivity index (χ4n) is 1.88. The third kappa shape index (κ3) is 3.88. The molecule has 1 atom stereocenters. The van der Waals surface area contributed by atoms with Gasteiger partial charge < -0.3 is 5.32 Å². The number of rotatable bonds is 4. The van der Waals surface area contributed by atoms with Crippen LogP contribution in [0.5, 0.6) is 0 Å². The van der Waals surface area contributed by atoms with Gasteiger partial charge in [-0.2, -0.15) is 0 Å². The third-order valence-electron chi connectivity index (χ3n) is 2.98. The Kier molecular flexibility index (Phi) is 5.13. The van der Waals surface area contributed by atoms with Crippen LogP contribution in [0, 0.1) is 5.82 Å². The van der Waals surface area contributed by atoms with Crippen LogP contribution in [-0.4, -0.2) is 0 Å². The molecule has 1 N–H and O–H groups in total. The van der Waals surface area contributed by atoms with E-state index in [-0.39, 0.29) is 11.9 Å². The second kappa shape index (κ2) is 6.64. The van der Waals surface area contributed by atoms with Gasteiger partial charge in [0.15, 0.2) is 0 Å². The van der Waals surface area contributed by atoms with Gasteiger partial charge in [-0.05, 0) is 42.3 Å². The molecule has 19 heavy (non-hydrogen) atoms. The molecule has 0 saturated heterocycles. The lowest BCUT2D eigenvalue weighted by molar-refractivity contribution is 0.566. The fraction of sp³-hybridized carbons (Fsp3) is 0.200. The van der Waals surface area contributed by atoms with Gasteiger partial charge in [0.05, 0.1) is 0 Å². The van der Waals surface area contributed by atoms with Crippen LogP contribution in [0.1, 0.15) is 24.1 Å². The lowest BCUT2D eigenvalue weighted by atomic mass is 10.1. The molecule has 1 unspecified atom stereocenters. The van der Waals surface area contributed by atoms with Gasteiger partial charge in [-0.1, -0.05) is 50.1 Å². The molecule has 2 aromatic rings. The summed E-state index contributed by atoms with van der Waals surface area (Å²) in [4.78, 5) is 0. The first-order valence-corrected chi connectivity index (χ1v) is 7.58. The lowest BCUT2D eigenvalue weighted by Gasteiger charge is -2.16. The van der Waals surface area contributed by atoms with E-state index < -0.39 is 0 Å². The smallest absolute Gasteiger partial charge is 0.123 e. The van der Waals surface area contributed by atoms with E-state index in [0.29, 0.717) is 6.54 Å². The first kappa shape index (κ1) is 14.7. The Morgan fingerprint density at radius 2 is 1.84 bits per heavy atom. The molecule has 100 valence electrons. The van der Waals surface area contributed by atoms with Gasteiger partial charge in [0, 0.05) is 21.5 Å². The normalized spacial score (nSPS) is 12.4. The van der Waals surface area contributed by atoms with Crippen molar-refractivity contribution < 1.29 is 4.39 Å². The van der Waals surface area contributed by atoms with Crippen LogP contribution in [0.4, 0.5) is 4.39 Å². The Balaban J connectivity index is 2.06. The first-order chi connectivity index (χ1) is 9.08. The van der Waals surface area contributed by atoms with Crippen molar-refractivity contribution in [2.45, 2.75) is 19.5 Å². The molecule has 2 rings (SSSR count). The van der Waals surface area contributed by atoms with Crippen LogP contribution >= 0.6 is 31.9 Å². The molecule has 0 aromatic heterocycles. The number of hydrogen-bond acceptors (Lipinski definition) is 1. The Labute approximate surface area is 129 Å². The van der Waals surface area contributed by atoms with E-state index >= 15 is 0 Å². The molecule has 4 heteroatoms. The second-order valence-corrected chi connectivity index (χ2v) is 6.07. The lowest BCUT2D eigenvalue weighted by Crippen LogP contribution is -2.18. The van der Waals surface area contributed by atoms with E-state index in [9.17, 15) is 4.39 Å². The molecule has 0 fully saturated rings. The summed E-state index contributed by atoms with van der Waals surface area (Å²) < 4.78 is 15.2. The van der Waals surface area contributed by atoms with Gasteiger partial charge in [0.1, 0.15) is 5.82 Å². The topological polar surface area (TPSA) is 12.0 Å². The summed E-state index contributed by atoms with van der Waals surface area (Å²) in [6.07, 6.45) is 0. The van der Waals surface area contributed by atoms with Crippen molar-refractivity contribution in [2.75, 3.05) is 0 Å². The van der Waals surface area contributed by atoms with Crippen LogP contribution in [0.3, 0.4) is 0 Å². The standard InChI is InChI=1S/C15H14Br2FN/c1-10(13-4-2-3-5-15(13)17)19-9-11-8-12(18)6-7-14(11)16/h2-8,10,19H,9H2,1H3. The van der Waals surface area contributed by atoms with Crippen molar-refractivity contribution in [1.29, 1.82) is 0 Å². The van der Waals surface area contributed by atoms with E-state index in [0.717, 1.165) is 14.5 Å². The van der Waals surface area contributed by atoms with Crippen molar-refractivity contribution in [3.8, 4) is 0 Å². The monoisotopic (exact) mass is 385 g/mol. The zero-order valence-electron chi connectivity index (χ0n) is 10.5. The highest BCUT2D eigenvalue weighted by atomic mass is 79.9. The second-order valence-electron chi connectivity index (χ2n) is 4.36. The van der Waals surface area contributed by atoms with Gasteiger partial charge in [0.25, 0.3) is 0 Å². The summed E-state index contributed by atoms with van der Waals surface area (Å²) in [6.45, 7) is 2.70. The molecule has 0 saturated carbocycles. The predicted molar refractivity (Wildman–Crippen MR) is 83.5 cm³/mol. The van der Waals surface area contributed by atoms with E-state index in [1.165, 1.54) is 11.6 Å². The summed E-state index contributed by atoms with van der Waals surface area (Å²) in [5.74, 6) is -0.214. The molecule has 0 bridgehead atoms. The molecule has 0 aliphatic rings. The summed E-state index contributed by atoms with van der Waals surface area (Å²) >= 11 is 6.98. The summed E-state index contributed by atoms with van der Waals surface area (Å²) in [7, 11) is 0. The van der Waals surface area contributed by atoms with Crippen LogP contribution in [0.15, 0.2) is 51.4 Å². The van der Waals surface area contributed by atoms with E-state index in [2.05, 4.69) is 50.2 Å². The molecule has 0 amide bonds. The van der Waals surface area contributed by atoms with E-state index in [1.54, 1.807) is 12.1 Å². The Bertz CT molecular complexity index is 572. The zero-order valence-corrected chi connectivity index (χ0v) is 13.6.